The highest BCUT2D eigenvalue weighted by Crippen LogP contribution is 2.20. The van der Waals surface area contributed by atoms with E-state index in [0.29, 0.717) is 12.1 Å². The Kier molecular flexibility index (Phi) is 7.57. The summed E-state index contributed by atoms with van der Waals surface area (Å²) in [4.78, 5) is 2.46. The third-order valence-corrected chi connectivity index (χ3v) is 4.21. The molecule has 0 saturated carbocycles. The van der Waals surface area contributed by atoms with Gasteiger partial charge in [-0.25, -0.2) is 0 Å². The fourth-order valence-corrected chi connectivity index (χ4v) is 2.71. The van der Waals surface area contributed by atoms with Gasteiger partial charge in [0.05, 0.1) is 0 Å². The number of nitrogens with zero attached hydrogens (tertiary/aromatic N) is 1. The summed E-state index contributed by atoms with van der Waals surface area (Å²) in [7, 11) is 4.25. The first-order valence-corrected chi connectivity index (χ1v) is 7.94. The summed E-state index contributed by atoms with van der Waals surface area (Å²) in [5, 5.41) is 4.20. The molecule has 1 N–H and O–H groups in total. The van der Waals surface area contributed by atoms with Gasteiger partial charge in [0.15, 0.2) is 0 Å². The summed E-state index contributed by atoms with van der Waals surface area (Å²) in [6.45, 7) is 7.99. The van der Waals surface area contributed by atoms with Crippen LogP contribution in [-0.4, -0.2) is 31.6 Å². The number of halogens is 1. The molecule has 114 valence electrons. The van der Waals surface area contributed by atoms with Gasteiger partial charge in [0, 0.05) is 17.1 Å². The van der Waals surface area contributed by atoms with Crippen LogP contribution in [0.4, 0.5) is 0 Å². The molecular formula is C17H29ClN2. The largest absolute Gasteiger partial charge is 0.313 e. The summed E-state index contributed by atoms with van der Waals surface area (Å²) >= 11 is 5.95. The van der Waals surface area contributed by atoms with Gasteiger partial charge in [-0.15, -0.1) is 0 Å². The van der Waals surface area contributed by atoms with E-state index in [2.05, 4.69) is 50.2 Å². The minimum absolute atomic E-state index is 0.390. The van der Waals surface area contributed by atoms with Crippen LogP contribution in [0.25, 0.3) is 0 Å². The standard InChI is InChI=1S/C17H29ClN2/c1-13(2)12-14(3)20(5)11-10-17(19-4)15-6-8-16(18)9-7-15/h6-9,13-14,17,19H,10-12H2,1-5H3. The van der Waals surface area contributed by atoms with Gasteiger partial charge in [-0.05, 0) is 64.0 Å². The molecule has 0 bridgehead atoms. The molecule has 0 amide bonds. The molecule has 0 radical (unpaired) electrons. The zero-order chi connectivity index (χ0) is 15.1. The molecule has 1 aromatic rings. The predicted octanol–water partition coefficient (Wildman–Crippen LogP) is 4.36. The molecule has 0 saturated heterocycles. The van der Waals surface area contributed by atoms with Gasteiger partial charge in [0.2, 0.25) is 0 Å². The second-order valence-electron chi connectivity index (χ2n) is 6.14. The monoisotopic (exact) mass is 296 g/mol. The first-order chi connectivity index (χ1) is 9.43. The maximum atomic E-state index is 5.95. The second-order valence-corrected chi connectivity index (χ2v) is 6.58. The minimum atomic E-state index is 0.390. The zero-order valence-corrected chi connectivity index (χ0v) is 14.2. The van der Waals surface area contributed by atoms with Crippen LogP contribution < -0.4 is 5.32 Å². The van der Waals surface area contributed by atoms with Crippen molar-refractivity contribution in [2.75, 3.05) is 20.6 Å². The van der Waals surface area contributed by atoms with Crippen molar-refractivity contribution in [1.29, 1.82) is 0 Å². The molecule has 2 nitrogen and oxygen atoms in total. The van der Waals surface area contributed by atoms with Crippen molar-refractivity contribution in [3.8, 4) is 0 Å². The van der Waals surface area contributed by atoms with Gasteiger partial charge in [0.25, 0.3) is 0 Å². The minimum Gasteiger partial charge on any atom is -0.313 e. The van der Waals surface area contributed by atoms with Gasteiger partial charge in [-0.2, -0.15) is 0 Å². The molecule has 0 aliphatic rings. The molecule has 1 rings (SSSR count). The zero-order valence-electron chi connectivity index (χ0n) is 13.5. The molecule has 2 atom stereocenters. The van der Waals surface area contributed by atoms with Gasteiger partial charge in [0.1, 0.15) is 0 Å². The molecule has 0 aliphatic heterocycles. The molecule has 0 fully saturated rings. The number of hydrogen-bond acceptors (Lipinski definition) is 2. The Bertz CT molecular complexity index is 375. The van der Waals surface area contributed by atoms with Gasteiger partial charge >= 0.3 is 0 Å². The van der Waals surface area contributed by atoms with Crippen LogP contribution >= 0.6 is 11.6 Å². The first-order valence-electron chi connectivity index (χ1n) is 7.57. The van der Waals surface area contributed by atoms with Crippen LogP contribution in [0, 0.1) is 5.92 Å². The van der Waals surface area contributed by atoms with Crippen LogP contribution in [0.3, 0.4) is 0 Å². The summed E-state index contributed by atoms with van der Waals surface area (Å²) in [6, 6.07) is 9.18. The Balaban J connectivity index is 2.50. The Hall–Kier alpha value is -0.570. The summed E-state index contributed by atoms with van der Waals surface area (Å²) in [5.74, 6) is 0.754. The SMILES string of the molecule is CNC(CCN(C)C(C)CC(C)C)c1ccc(Cl)cc1. The Morgan fingerprint density at radius 1 is 1.15 bits per heavy atom. The lowest BCUT2D eigenvalue weighted by Crippen LogP contribution is -2.33. The molecule has 3 heteroatoms. The van der Waals surface area contributed by atoms with Crippen molar-refractivity contribution in [2.24, 2.45) is 5.92 Å². The molecule has 0 heterocycles. The number of hydrogen-bond donors (Lipinski definition) is 1. The number of rotatable bonds is 8. The van der Waals surface area contributed by atoms with Gasteiger partial charge in [-0.3, -0.25) is 0 Å². The Labute approximate surface area is 129 Å². The van der Waals surface area contributed by atoms with Crippen LogP contribution in [0.1, 0.15) is 45.2 Å². The fraction of sp³-hybridized carbons (Fsp3) is 0.647. The van der Waals surface area contributed by atoms with Crippen molar-refractivity contribution in [1.82, 2.24) is 10.2 Å². The van der Waals surface area contributed by atoms with E-state index in [-0.39, 0.29) is 0 Å². The average molecular weight is 297 g/mol. The van der Waals surface area contributed by atoms with Gasteiger partial charge in [-0.1, -0.05) is 37.6 Å². The molecule has 0 spiro atoms. The van der Waals surface area contributed by atoms with Crippen LogP contribution in [0.5, 0.6) is 0 Å². The van der Waals surface area contributed by atoms with Crippen molar-refractivity contribution < 1.29 is 0 Å². The lowest BCUT2D eigenvalue weighted by molar-refractivity contribution is 0.218. The third kappa shape index (κ3) is 5.82. The highest BCUT2D eigenvalue weighted by atomic mass is 35.5. The third-order valence-electron chi connectivity index (χ3n) is 3.96. The topological polar surface area (TPSA) is 15.3 Å². The molecular weight excluding hydrogens is 268 g/mol. The van der Waals surface area contributed by atoms with Crippen molar-refractivity contribution in [3.63, 3.8) is 0 Å². The van der Waals surface area contributed by atoms with E-state index in [9.17, 15) is 0 Å². The quantitative estimate of drug-likeness (QED) is 0.767. The smallest absolute Gasteiger partial charge is 0.0406 e. The normalized spacial score (nSPS) is 14.8. The summed E-state index contributed by atoms with van der Waals surface area (Å²) in [5.41, 5.74) is 1.31. The Morgan fingerprint density at radius 2 is 1.75 bits per heavy atom. The van der Waals surface area contributed by atoms with E-state index in [1.165, 1.54) is 12.0 Å². The van der Waals surface area contributed by atoms with E-state index in [0.717, 1.165) is 23.9 Å². The first kappa shape index (κ1) is 17.5. The predicted molar refractivity (Wildman–Crippen MR) is 89.4 cm³/mol. The maximum absolute atomic E-state index is 5.95. The highest BCUT2D eigenvalue weighted by Gasteiger charge is 2.14. The summed E-state index contributed by atoms with van der Waals surface area (Å²) in [6.07, 6.45) is 2.36. The van der Waals surface area contributed by atoms with Crippen LogP contribution in [0.2, 0.25) is 5.02 Å². The lowest BCUT2D eigenvalue weighted by Gasteiger charge is -2.28. The lowest BCUT2D eigenvalue weighted by atomic mass is 10.0. The Morgan fingerprint density at radius 3 is 2.25 bits per heavy atom. The molecule has 1 aromatic carbocycles. The van der Waals surface area contributed by atoms with Gasteiger partial charge < -0.3 is 10.2 Å². The van der Waals surface area contributed by atoms with E-state index < -0.39 is 0 Å². The average Bonchev–Trinajstić information content (AvgIpc) is 2.40. The molecule has 2 unspecified atom stereocenters. The van der Waals surface area contributed by atoms with Crippen molar-refractivity contribution in [3.05, 3.63) is 34.9 Å². The van der Waals surface area contributed by atoms with Crippen LogP contribution in [0.15, 0.2) is 24.3 Å². The highest BCUT2D eigenvalue weighted by molar-refractivity contribution is 6.30. The fourth-order valence-electron chi connectivity index (χ4n) is 2.59. The van der Waals surface area contributed by atoms with E-state index in [1.807, 2.05) is 19.2 Å². The maximum Gasteiger partial charge on any atom is 0.0406 e. The van der Waals surface area contributed by atoms with E-state index in [4.69, 9.17) is 11.6 Å². The number of nitrogens with one attached hydrogen (secondary N) is 1. The molecule has 0 aliphatic carbocycles. The van der Waals surface area contributed by atoms with Crippen molar-refractivity contribution >= 4 is 11.6 Å². The van der Waals surface area contributed by atoms with E-state index >= 15 is 0 Å². The van der Waals surface area contributed by atoms with E-state index in [1.54, 1.807) is 0 Å². The molecule has 20 heavy (non-hydrogen) atoms. The summed E-state index contributed by atoms with van der Waals surface area (Å²) < 4.78 is 0. The molecule has 0 aromatic heterocycles. The number of benzene rings is 1. The van der Waals surface area contributed by atoms with Crippen LogP contribution in [-0.2, 0) is 0 Å². The second kappa shape index (κ2) is 8.66. The van der Waals surface area contributed by atoms with Crippen molar-refractivity contribution in [2.45, 2.75) is 45.7 Å².